The minimum atomic E-state index is -0.617. The van der Waals surface area contributed by atoms with Crippen molar-refractivity contribution in [3.05, 3.63) is 48.0 Å². The van der Waals surface area contributed by atoms with Crippen LogP contribution in [0.25, 0.3) is 17.0 Å². The van der Waals surface area contributed by atoms with Gasteiger partial charge >= 0.3 is 0 Å². The van der Waals surface area contributed by atoms with Gasteiger partial charge in [0.25, 0.3) is 0 Å². The lowest BCUT2D eigenvalue weighted by Crippen LogP contribution is -1.99. The van der Waals surface area contributed by atoms with Crippen LogP contribution >= 0.6 is 0 Å². The van der Waals surface area contributed by atoms with Crippen molar-refractivity contribution < 1.29 is 9.50 Å². The van der Waals surface area contributed by atoms with E-state index in [4.69, 9.17) is 5.73 Å². The number of pyridine rings is 2. The number of anilines is 1. The van der Waals surface area contributed by atoms with Gasteiger partial charge in [-0.15, -0.1) is 0 Å². The molecule has 3 aromatic heterocycles. The van der Waals surface area contributed by atoms with Gasteiger partial charge in [0.2, 0.25) is 0 Å². The number of nitrogens with two attached hydrogens (primary N) is 1. The van der Waals surface area contributed by atoms with Gasteiger partial charge in [-0.2, -0.15) is 0 Å². The largest absolute Gasteiger partial charge is 0.389 e. The van der Waals surface area contributed by atoms with E-state index in [9.17, 15) is 9.50 Å². The summed E-state index contributed by atoms with van der Waals surface area (Å²) in [4.78, 5) is 8.22. The van der Waals surface area contributed by atoms with Crippen molar-refractivity contribution in [3.63, 3.8) is 0 Å². The molecular weight excluding hydrogens is 259 g/mol. The van der Waals surface area contributed by atoms with Gasteiger partial charge in [-0.1, -0.05) is 6.07 Å². The molecule has 6 heteroatoms. The van der Waals surface area contributed by atoms with Gasteiger partial charge in [-0.05, 0) is 30.7 Å². The minimum Gasteiger partial charge on any atom is -0.389 e. The number of aliphatic hydroxyl groups is 1. The molecule has 0 aromatic carbocycles. The summed E-state index contributed by atoms with van der Waals surface area (Å²) in [5.74, 6) is -0.230. The predicted molar refractivity (Wildman–Crippen MR) is 73.4 cm³/mol. The zero-order valence-electron chi connectivity index (χ0n) is 10.8. The summed E-state index contributed by atoms with van der Waals surface area (Å²) >= 11 is 0. The zero-order chi connectivity index (χ0) is 14.3. The van der Waals surface area contributed by atoms with Crippen molar-refractivity contribution in [3.8, 4) is 11.4 Å². The molecule has 3 N–H and O–H groups in total. The predicted octanol–water partition coefficient (Wildman–Crippen LogP) is 2.17. The fourth-order valence-corrected chi connectivity index (χ4v) is 2.06. The van der Waals surface area contributed by atoms with E-state index in [1.54, 1.807) is 29.7 Å². The Kier molecular flexibility index (Phi) is 2.87. The van der Waals surface area contributed by atoms with Crippen molar-refractivity contribution in [1.29, 1.82) is 0 Å². The van der Waals surface area contributed by atoms with Gasteiger partial charge in [0, 0.05) is 6.20 Å². The van der Waals surface area contributed by atoms with Gasteiger partial charge in [0.1, 0.15) is 17.2 Å². The van der Waals surface area contributed by atoms with Gasteiger partial charge in [-0.25, -0.2) is 14.4 Å². The smallest absolute Gasteiger partial charge is 0.151 e. The molecule has 0 bridgehead atoms. The standard InChI is InChI=1S/C14H13FN4O/c1-8(20)9-2-5-13-17-6-11(19(13)7-9)14-10(15)3-4-12(16)18-14/h2-8,20H,1H3,(H2,16,18). The molecule has 0 spiro atoms. The lowest BCUT2D eigenvalue weighted by Gasteiger charge is -2.07. The van der Waals surface area contributed by atoms with Crippen molar-refractivity contribution in [1.82, 2.24) is 14.4 Å². The number of halogens is 1. The van der Waals surface area contributed by atoms with Crippen molar-refractivity contribution >= 4 is 11.5 Å². The van der Waals surface area contributed by atoms with Gasteiger partial charge in [0.05, 0.1) is 18.0 Å². The highest BCUT2D eigenvalue weighted by atomic mass is 19.1. The van der Waals surface area contributed by atoms with E-state index in [2.05, 4.69) is 9.97 Å². The number of aromatic nitrogens is 3. The van der Waals surface area contributed by atoms with E-state index in [1.807, 2.05) is 0 Å². The molecular formula is C14H13FN4O. The third-order valence-electron chi connectivity index (χ3n) is 3.12. The molecule has 3 heterocycles. The van der Waals surface area contributed by atoms with E-state index >= 15 is 0 Å². The Morgan fingerprint density at radius 2 is 2.10 bits per heavy atom. The van der Waals surface area contributed by atoms with Crippen molar-refractivity contribution in [2.45, 2.75) is 13.0 Å². The van der Waals surface area contributed by atoms with Gasteiger partial charge < -0.3 is 10.8 Å². The molecule has 102 valence electrons. The van der Waals surface area contributed by atoms with Crippen LogP contribution in [0.1, 0.15) is 18.6 Å². The van der Waals surface area contributed by atoms with E-state index < -0.39 is 11.9 Å². The molecule has 0 aliphatic carbocycles. The molecule has 0 fully saturated rings. The number of nitrogen functional groups attached to an aromatic ring is 1. The molecule has 3 rings (SSSR count). The van der Waals surface area contributed by atoms with Crippen LogP contribution in [-0.2, 0) is 0 Å². The molecule has 5 nitrogen and oxygen atoms in total. The van der Waals surface area contributed by atoms with Crippen molar-refractivity contribution in [2.24, 2.45) is 0 Å². The second-order valence-electron chi connectivity index (χ2n) is 4.58. The number of hydrogen-bond donors (Lipinski definition) is 2. The van der Waals surface area contributed by atoms with Crippen LogP contribution in [0.3, 0.4) is 0 Å². The monoisotopic (exact) mass is 272 g/mol. The summed E-state index contributed by atoms with van der Waals surface area (Å²) in [6.45, 7) is 1.66. The fourth-order valence-electron chi connectivity index (χ4n) is 2.06. The van der Waals surface area contributed by atoms with Crippen LogP contribution in [0.15, 0.2) is 36.7 Å². The number of imidazole rings is 1. The summed E-state index contributed by atoms with van der Waals surface area (Å²) in [6, 6.07) is 6.22. The average Bonchev–Trinajstić information content (AvgIpc) is 2.84. The first-order valence-corrected chi connectivity index (χ1v) is 6.14. The Morgan fingerprint density at radius 1 is 1.30 bits per heavy atom. The second-order valence-corrected chi connectivity index (χ2v) is 4.58. The molecule has 0 saturated carbocycles. The van der Waals surface area contributed by atoms with Crippen LogP contribution in [0.5, 0.6) is 0 Å². The molecule has 0 aliphatic rings. The normalized spacial score (nSPS) is 12.8. The number of fused-ring (bicyclic) bond motifs is 1. The highest BCUT2D eigenvalue weighted by molar-refractivity contribution is 5.62. The maximum atomic E-state index is 13.9. The highest BCUT2D eigenvalue weighted by Gasteiger charge is 2.13. The molecule has 1 unspecified atom stereocenters. The van der Waals surface area contributed by atoms with E-state index in [0.717, 1.165) is 0 Å². The van der Waals surface area contributed by atoms with E-state index in [-0.39, 0.29) is 11.5 Å². The minimum absolute atomic E-state index is 0.139. The Hall–Kier alpha value is -2.47. The number of hydrogen-bond acceptors (Lipinski definition) is 4. The summed E-state index contributed by atoms with van der Waals surface area (Å²) in [5.41, 5.74) is 7.60. The lowest BCUT2D eigenvalue weighted by molar-refractivity contribution is 0.199. The molecule has 0 saturated heterocycles. The first kappa shape index (κ1) is 12.6. The van der Waals surface area contributed by atoms with Crippen LogP contribution in [0, 0.1) is 5.82 Å². The van der Waals surface area contributed by atoms with Crippen LogP contribution in [-0.4, -0.2) is 19.5 Å². The molecule has 0 amide bonds. The summed E-state index contributed by atoms with van der Waals surface area (Å²) < 4.78 is 15.6. The number of rotatable bonds is 2. The highest BCUT2D eigenvalue weighted by Crippen LogP contribution is 2.24. The van der Waals surface area contributed by atoms with Crippen molar-refractivity contribution in [2.75, 3.05) is 5.73 Å². The molecule has 0 aliphatic heterocycles. The average molecular weight is 272 g/mol. The molecule has 1 atom stereocenters. The van der Waals surface area contributed by atoms with Crippen LogP contribution < -0.4 is 5.73 Å². The van der Waals surface area contributed by atoms with E-state index in [0.29, 0.717) is 16.9 Å². The molecule has 0 radical (unpaired) electrons. The summed E-state index contributed by atoms with van der Waals surface area (Å²) in [5, 5.41) is 9.64. The number of nitrogens with zero attached hydrogens (tertiary/aromatic N) is 3. The van der Waals surface area contributed by atoms with Crippen LogP contribution in [0.2, 0.25) is 0 Å². The maximum absolute atomic E-state index is 13.9. The first-order chi connectivity index (χ1) is 9.56. The summed E-state index contributed by atoms with van der Waals surface area (Å²) in [7, 11) is 0. The Labute approximate surface area is 114 Å². The third-order valence-corrected chi connectivity index (χ3v) is 3.12. The van der Waals surface area contributed by atoms with Gasteiger partial charge in [-0.3, -0.25) is 4.40 Å². The quantitative estimate of drug-likeness (QED) is 0.749. The first-order valence-electron chi connectivity index (χ1n) is 6.14. The van der Waals surface area contributed by atoms with Crippen LogP contribution in [0.4, 0.5) is 10.2 Å². The zero-order valence-corrected chi connectivity index (χ0v) is 10.8. The Morgan fingerprint density at radius 3 is 2.85 bits per heavy atom. The fraction of sp³-hybridized carbons (Fsp3) is 0.143. The second kappa shape index (κ2) is 4.57. The number of aliphatic hydroxyl groups excluding tert-OH is 1. The van der Waals surface area contributed by atoms with E-state index in [1.165, 1.54) is 18.3 Å². The lowest BCUT2D eigenvalue weighted by atomic mass is 10.2. The van der Waals surface area contributed by atoms with Gasteiger partial charge in [0.15, 0.2) is 5.82 Å². The third kappa shape index (κ3) is 2.00. The summed E-state index contributed by atoms with van der Waals surface area (Å²) in [6.07, 6.45) is 2.63. The SMILES string of the molecule is CC(O)c1ccc2ncc(-c3nc(N)ccc3F)n2c1. The Balaban J connectivity index is 2.25. The molecule has 3 aromatic rings. The Bertz CT molecular complexity index is 782. The maximum Gasteiger partial charge on any atom is 0.151 e. The topological polar surface area (TPSA) is 76.4 Å². The molecule has 20 heavy (non-hydrogen) atoms.